The summed E-state index contributed by atoms with van der Waals surface area (Å²) in [6.45, 7) is 3.52. The minimum Gasteiger partial charge on any atom is -0.394 e. The summed E-state index contributed by atoms with van der Waals surface area (Å²) in [4.78, 5) is 25.3. The van der Waals surface area contributed by atoms with Crippen LogP contribution in [0.15, 0.2) is 65.6 Å². The molecule has 0 radical (unpaired) electrons. The minimum absolute atomic E-state index is 0.115. The summed E-state index contributed by atoms with van der Waals surface area (Å²) in [7, 11) is 0. The van der Waals surface area contributed by atoms with Crippen LogP contribution in [0.2, 0.25) is 0 Å². The van der Waals surface area contributed by atoms with Crippen LogP contribution in [-0.4, -0.2) is 22.2 Å². The number of anilines is 1. The molecule has 3 rings (SSSR count). The Balaban J connectivity index is 1.95. The summed E-state index contributed by atoms with van der Waals surface area (Å²) in [5.41, 5.74) is 1.36. The van der Waals surface area contributed by atoms with Gasteiger partial charge in [0, 0.05) is 22.7 Å². The average molecular weight is 350 g/mol. The zero-order chi connectivity index (χ0) is 18.7. The van der Waals surface area contributed by atoms with Crippen molar-refractivity contribution < 1.29 is 9.90 Å². The molecule has 2 unspecified atom stereocenters. The maximum atomic E-state index is 12.7. The number of rotatable bonds is 5. The fourth-order valence-corrected chi connectivity index (χ4v) is 2.97. The molecule has 1 amide bonds. The van der Waals surface area contributed by atoms with Crippen molar-refractivity contribution in [2.45, 2.75) is 25.8 Å². The molecule has 0 spiro atoms. The Labute approximate surface area is 151 Å². The van der Waals surface area contributed by atoms with E-state index < -0.39 is 0 Å². The molecule has 26 heavy (non-hydrogen) atoms. The van der Waals surface area contributed by atoms with Crippen molar-refractivity contribution in [3.8, 4) is 0 Å². The molecule has 0 saturated carbocycles. The second-order valence-corrected chi connectivity index (χ2v) is 6.45. The van der Waals surface area contributed by atoms with Gasteiger partial charge < -0.3 is 15.0 Å². The third-order valence-corrected chi connectivity index (χ3v) is 4.66. The van der Waals surface area contributed by atoms with Crippen molar-refractivity contribution in [1.82, 2.24) is 4.57 Å². The predicted molar refractivity (Wildman–Crippen MR) is 103 cm³/mol. The number of benzene rings is 2. The first-order valence-electron chi connectivity index (χ1n) is 8.63. The van der Waals surface area contributed by atoms with Gasteiger partial charge in [0.05, 0.1) is 18.6 Å². The molecule has 134 valence electrons. The zero-order valence-electron chi connectivity index (χ0n) is 14.8. The Morgan fingerprint density at radius 3 is 2.46 bits per heavy atom. The molecule has 0 saturated heterocycles. The van der Waals surface area contributed by atoms with E-state index in [1.165, 1.54) is 4.57 Å². The van der Waals surface area contributed by atoms with Crippen LogP contribution in [0.1, 0.15) is 31.4 Å². The lowest BCUT2D eigenvalue weighted by Crippen LogP contribution is -2.25. The molecular weight excluding hydrogens is 328 g/mol. The lowest BCUT2D eigenvalue weighted by Gasteiger charge is -2.16. The van der Waals surface area contributed by atoms with E-state index >= 15 is 0 Å². The number of hydrogen-bond acceptors (Lipinski definition) is 3. The molecule has 0 aliphatic carbocycles. The number of amides is 1. The van der Waals surface area contributed by atoms with Crippen molar-refractivity contribution in [3.63, 3.8) is 0 Å². The van der Waals surface area contributed by atoms with Gasteiger partial charge in [0.1, 0.15) is 0 Å². The van der Waals surface area contributed by atoms with Crippen molar-refractivity contribution in [2.24, 2.45) is 0 Å². The fraction of sp³-hybridized carbons (Fsp3) is 0.238. The molecule has 2 N–H and O–H groups in total. The van der Waals surface area contributed by atoms with Crippen LogP contribution in [0.25, 0.3) is 10.8 Å². The summed E-state index contributed by atoms with van der Waals surface area (Å²) >= 11 is 0. The summed E-state index contributed by atoms with van der Waals surface area (Å²) < 4.78 is 1.50. The Morgan fingerprint density at radius 1 is 1.04 bits per heavy atom. The molecular formula is C21H22N2O3. The number of carbonyl (C=O) groups excluding carboxylic acids is 1. The first kappa shape index (κ1) is 17.9. The fourth-order valence-electron chi connectivity index (χ4n) is 2.97. The van der Waals surface area contributed by atoms with Gasteiger partial charge in [-0.15, -0.1) is 0 Å². The lowest BCUT2D eigenvalue weighted by atomic mass is 10.00. The molecule has 1 heterocycles. The molecule has 2 atom stereocenters. The second-order valence-electron chi connectivity index (χ2n) is 6.45. The van der Waals surface area contributed by atoms with Gasteiger partial charge in [-0.2, -0.15) is 0 Å². The Morgan fingerprint density at radius 2 is 1.77 bits per heavy atom. The van der Waals surface area contributed by atoms with Crippen molar-refractivity contribution in [3.05, 3.63) is 76.7 Å². The molecule has 5 nitrogen and oxygen atoms in total. The molecule has 0 aliphatic heterocycles. The number of aromatic nitrogens is 1. The number of carbonyl (C=O) groups is 1. The quantitative estimate of drug-likeness (QED) is 0.742. The highest BCUT2D eigenvalue weighted by molar-refractivity contribution is 6.03. The van der Waals surface area contributed by atoms with E-state index in [0.717, 1.165) is 5.56 Å². The SMILES string of the molecule is CC(C(=O)Nc1cccc2c(=O)n(C(C)CO)ccc12)c1ccccc1. The van der Waals surface area contributed by atoms with Crippen LogP contribution in [0.3, 0.4) is 0 Å². The minimum atomic E-state index is -0.304. The number of pyridine rings is 1. The number of fused-ring (bicyclic) bond motifs is 1. The van der Waals surface area contributed by atoms with Gasteiger partial charge in [0.15, 0.2) is 0 Å². The number of hydrogen-bond donors (Lipinski definition) is 2. The van der Waals surface area contributed by atoms with E-state index in [4.69, 9.17) is 0 Å². The number of aliphatic hydroxyl groups excluding tert-OH is 1. The topological polar surface area (TPSA) is 71.3 Å². The maximum absolute atomic E-state index is 12.7. The Kier molecular flexibility index (Phi) is 5.19. The standard InChI is InChI=1S/C21H22N2O3/c1-14(13-24)23-12-11-17-18(21(23)26)9-6-10-19(17)22-20(25)15(2)16-7-4-3-5-8-16/h3-12,14-15,24H,13H2,1-2H3,(H,22,25). The second kappa shape index (κ2) is 7.54. The van der Waals surface area contributed by atoms with Crippen LogP contribution in [0.4, 0.5) is 5.69 Å². The first-order chi connectivity index (χ1) is 12.5. The van der Waals surface area contributed by atoms with Gasteiger partial charge in [0.25, 0.3) is 5.56 Å². The van der Waals surface area contributed by atoms with E-state index in [9.17, 15) is 14.7 Å². The summed E-state index contributed by atoms with van der Waals surface area (Å²) in [6, 6.07) is 16.3. The molecule has 0 bridgehead atoms. The molecule has 1 aromatic heterocycles. The monoisotopic (exact) mass is 350 g/mol. The molecule has 3 aromatic rings. The molecule has 5 heteroatoms. The third kappa shape index (κ3) is 3.39. The van der Waals surface area contributed by atoms with E-state index in [1.807, 2.05) is 37.3 Å². The van der Waals surface area contributed by atoms with Crippen molar-refractivity contribution >= 4 is 22.4 Å². The molecule has 0 fully saturated rings. The van der Waals surface area contributed by atoms with Crippen LogP contribution in [0, 0.1) is 0 Å². The van der Waals surface area contributed by atoms with Gasteiger partial charge in [0.2, 0.25) is 5.91 Å². The third-order valence-electron chi connectivity index (χ3n) is 4.66. The maximum Gasteiger partial charge on any atom is 0.258 e. The molecule has 2 aromatic carbocycles. The highest BCUT2D eigenvalue weighted by Crippen LogP contribution is 2.24. The van der Waals surface area contributed by atoms with Gasteiger partial charge >= 0.3 is 0 Å². The van der Waals surface area contributed by atoms with Gasteiger partial charge in [-0.25, -0.2) is 0 Å². The van der Waals surface area contributed by atoms with Crippen LogP contribution in [-0.2, 0) is 4.79 Å². The van der Waals surface area contributed by atoms with Crippen LogP contribution < -0.4 is 10.9 Å². The van der Waals surface area contributed by atoms with Gasteiger partial charge in [-0.05, 0) is 37.6 Å². The largest absolute Gasteiger partial charge is 0.394 e. The van der Waals surface area contributed by atoms with Crippen molar-refractivity contribution in [2.75, 3.05) is 11.9 Å². The molecule has 0 aliphatic rings. The van der Waals surface area contributed by atoms with Crippen LogP contribution >= 0.6 is 0 Å². The number of aliphatic hydroxyl groups is 1. The zero-order valence-corrected chi connectivity index (χ0v) is 14.8. The van der Waals surface area contributed by atoms with Gasteiger partial charge in [-0.1, -0.05) is 36.4 Å². The van der Waals surface area contributed by atoms with E-state index in [2.05, 4.69) is 5.32 Å². The van der Waals surface area contributed by atoms with E-state index in [0.29, 0.717) is 16.5 Å². The smallest absolute Gasteiger partial charge is 0.258 e. The Hall–Kier alpha value is -2.92. The predicted octanol–water partition coefficient (Wildman–Crippen LogP) is 3.30. The van der Waals surface area contributed by atoms with Crippen LogP contribution in [0.5, 0.6) is 0 Å². The summed E-state index contributed by atoms with van der Waals surface area (Å²) in [5, 5.41) is 13.4. The van der Waals surface area contributed by atoms with E-state index in [-0.39, 0.29) is 30.0 Å². The Bertz CT molecular complexity index is 979. The van der Waals surface area contributed by atoms with Gasteiger partial charge in [-0.3, -0.25) is 9.59 Å². The highest BCUT2D eigenvalue weighted by atomic mass is 16.3. The number of nitrogens with zero attached hydrogens (tertiary/aromatic N) is 1. The average Bonchev–Trinajstić information content (AvgIpc) is 2.68. The first-order valence-corrected chi connectivity index (χ1v) is 8.63. The van der Waals surface area contributed by atoms with E-state index in [1.54, 1.807) is 37.4 Å². The lowest BCUT2D eigenvalue weighted by molar-refractivity contribution is -0.117. The number of nitrogens with one attached hydrogen (secondary N) is 1. The normalized spacial score (nSPS) is 13.3. The summed E-state index contributed by atoms with van der Waals surface area (Å²) in [5.74, 6) is -0.433. The summed E-state index contributed by atoms with van der Waals surface area (Å²) in [6.07, 6.45) is 1.65. The van der Waals surface area contributed by atoms with Crippen molar-refractivity contribution in [1.29, 1.82) is 0 Å². The highest BCUT2D eigenvalue weighted by Gasteiger charge is 2.17.